The van der Waals surface area contributed by atoms with Gasteiger partial charge in [-0.2, -0.15) is 0 Å². The Hall–Kier alpha value is -1.10. The molecule has 0 aliphatic carbocycles. The predicted molar refractivity (Wildman–Crippen MR) is 79.3 cm³/mol. The summed E-state index contributed by atoms with van der Waals surface area (Å²) in [5.41, 5.74) is 6.18. The van der Waals surface area contributed by atoms with Crippen LogP contribution in [-0.2, 0) is 10.3 Å². The topological polar surface area (TPSA) is 49.6 Å². The third-order valence-corrected chi connectivity index (χ3v) is 3.61. The average molecular weight is 284 g/mol. The van der Waals surface area contributed by atoms with Gasteiger partial charge in [0, 0.05) is 26.2 Å². The molecule has 2 N–H and O–H groups in total. The smallest absolute Gasteiger partial charge is 0.247 e. The fraction of sp³-hybridized carbons (Fsp3) is 0.500. The highest BCUT2D eigenvalue weighted by molar-refractivity contribution is 5.87. The summed E-state index contributed by atoms with van der Waals surface area (Å²) < 4.78 is 0. The lowest BCUT2D eigenvalue weighted by Crippen LogP contribution is -2.56. The van der Waals surface area contributed by atoms with Crippen molar-refractivity contribution in [2.24, 2.45) is 5.73 Å². The van der Waals surface area contributed by atoms with Crippen LogP contribution in [0.1, 0.15) is 12.5 Å². The Bertz CT molecular complexity index is 414. The Morgan fingerprint density at radius 1 is 1.16 bits per heavy atom. The van der Waals surface area contributed by atoms with E-state index >= 15 is 0 Å². The Balaban J connectivity index is 0.00000180. The number of hydrogen-bond acceptors (Lipinski definition) is 3. The lowest BCUT2D eigenvalue weighted by atomic mass is 9.91. The van der Waals surface area contributed by atoms with Gasteiger partial charge in [0.05, 0.1) is 0 Å². The third-order valence-electron chi connectivity index (χ3n) is 3.61. The number of nitrogens with zero attached hydrogens (tertiary/aromatic N) is 2. The zero-order valence-corrected chi connectivity index (χ0v) is 12.3. The minimum absolute atomic E-state index is 0. The lowest BCUT2D eigenvalue weighted by molar-refractivity contribution is -0.138. The van der Waals surface area contributed by atoms with E-state index < -0.39 is 5.54 Å². The molecule has 0 spiro atoms. The van der Waals surface area contributed by atoms with Crippen molar-refractivity contribution >= 4 is 18.3 Å². The monoisotopic (exact) mass is 283 g/mol. The second kappa shape index (κ2) is 6.37. The zero-order valence-electron chi connectivity index (χ0n) is 11.5. The van der Waals surface area contributed by atoms with Crippen LogP contribution in [0.15, 0.2) is 30.3 Å². The first-order valence-corrected chi connectivity index (χ1v) is 6.34. The van der Waals surface area contributed by atoms with Crippen molar-refractivity contribution in [1.29, 1.82) is 0 Å². The maximum Gasteiger partial charge on any atom is 0.247 e. The van der Waals surface area contributed by atoms with Gasteiger partial charge < -0.3 is 15.5 Å². The van der Waals surface area contributed by atoms with Crippen molar-refractivity contribution < 1.29 is 4.79 Å². The molecule has 0 saturated carbocycles. The first kappa shape index (κ1) is 16.0. The van der Waals surface area contributed by atoms with Crippen molar-refractivity contribution in [3.8, 4) is 0 Å². The summed E-state index contributed by atoms with van der Waals surface area (Å²) in [5, 5.41) is 0. The van der Waals surface area contributed by atoms with E-state index in [9.17, 15) is 4.79 Å². The first-order chi connectivity index (χ1) is 8.51. The fourth-order valence-corrected chi connectivity index (χ4v) is 2.25. The molecular weight excluding hydrogens is 262 g/mol. The van der Waals surface area contributed by atoms with Gasteiger partial charge in [-0.15, -0.1) is 12.4 Å². The molecule has 1 amide bonds. The Labute approximate surface area is 121 Å². The number of likely N-dealkylation sites (N-methyl/N-ethyl adjacent to an activating group) is 1. The van der Waals surface area contributed by atoms with Gasteiger partial charge in [-0.3, -0.25) is 4.79 Å². The minimum atomic E-state index is -0.933. The minimum Gasteiger partial charge on any atom is -0.338 e. The van der Waals surface area contributed by atoms with Crippen molar-refractivity contribution in [3.05, 3.63) is 35.9 Å². The van der Waals surface area contributed by atoms with Gasteiger partial charge in [0.1, 0.15) is 5.54 Å². The zero-order chi connectivity index (χ0) is 13.2. The summed E-state index contributed by atoms with van der Waals surface area (Å²) in [6.45, 7) is 5.14. The Morgan fingerprint density at radius 3 is 2.21 bits per heavy atom. The number of piperazine rings is 1. The molecule has 1 fully saturated rings. The molecule has 0 aromatic heterocycles. The van der Waals surface area contributed by atoms with Crippen LogP contribution in [0.5, 0.6) is 0 Å². The molecular formula is C14H22ClN3O. The second-order valence-corrected chi connectivity index (χ2v) is 5.16. The summed E-state index contributed by atoms with van der Waals surface area (Å²) in [7, 11) is 2.07. The summed E-state index contributed by atoms with van der Waals surface area (Å²) in [4.78, 5) is 16.6. The number of halogens is 1. The first-order valence-electron chi connectivity index (χ1n) is 6.34. The van der Waals surface area contributed by atoms with Crippen molar-refractivity contribution in [2.75, 3.05) is 33.2 Å². The molecule has 106 valence electrons. The Kier molecular flexibility index (Phi) is 5.35. The van der Waals surface area contributed by atoms with Crippen LogP contribution < -0.4 is 5.73 Å². The molecule has 4 nitrogen and oxygen atoms in total. The molecule has 0 bridgehead atoms. The second-order valence-electron chi connectivity index (χ2n) is 5.16. The standard InChI is InChI=1S/C14H21N3O.ClH/c1-14(15,12-6-4-3-5-7-12)13(18)17-10-8-16(2)9-11-17;/h3-7H,8-11,15H2,1-2H3;1H. The van der Waals surface area contributed by atoms with Crippen LogP contribution in [0.3, 0.4) is 0 Å². The van der Waals surface area contributed by atoms with Crippen molar-refractivity contribution in [3.63, 3.8) is 0 Å². The van der Waals surface area contributed by atoms with Crippen molar-refractivity contribution in [1.82, 2.24) is 9.80 Å². The van der Waals surface area contributed by atoms with Gasteiger partial charge >= 0.3 is 0 Å². The van der Waals surface area contributed by atoms with E-state index in [4.69, 9.17) is 5.73 Å². The highest BCUT2D eigenvalue weighted by Crippen LogP contribution is 2.20. The maximum absolute atomic E-state index is 12.5. The summed E-state index contributed by atoms with van der Waals surface area (Å²) in [6, 6.07) is 9.58. The van der Waals surface area contributed by atoms with Crippen LogP contribution in [0.25, 0.3) is 0 Å². The molecule has 1 aliphatic heterocycles. The molecule has 1 unspecified atom stereocenters. The SMILES string of the molecule is CN1CCN(C(=O)C(C)(N)c2ccccc2)CC1.Cl. The van der Waals surface area contributed by atoms with Crippen LogP contribution >= 0.6 is 12.4 Å². The van der Waals surface area contributed by atoms with E-state index in [1.807, 2.05) is 35.2 Å². The fourth-order valence-electron chi connectivity index (χ4n) is 2.25. The molecule has 1 heterocycles. The molecule has 19 heavy (non-hydrogen) atoms. The van der Waals surface area contributed by atoms with Gasteiger partial charge in [0.15, 0.2) is 0 Å². The number of amides is 1. The summed E-state index contributed by atoms with van der Waals surface area (Å²) in [5.74, 6) is 0.0156. The normalized spacial score (nSPS) is 19.4. The molecule has 1 aromatic carbocycles. The lowest BCUT2D eigenvalue weighted by Gasteiger charge is -2.37. The van der Waals surface area contributed by atoms with Crippen LogP contribution in [0.2, 0.25) is 0 Å². The molecule has 5 heteroatoms. The maximum atomic E-state index is 12.5. The third kappa shape index (κ3) is 3.47. The van der Waals surface area contributed by atoms with Gasteiger partial charge in [-0.1, -0.05) is 30.3 Å². The van der Waals surface area contributed by atoms with Crippen LogP contribution in [0, 0.1) is 0 Å². The molecule has 2 rings (SSSR count). The van der Waals surface area contributed by atoms with Gasteiger partial charge in [-0.05, 0) is 19.5 Å². The summed E-state index contributed by atoms with van der Waals surface area (Å²) >= 11 is 0. The van der Waals surface area contributed by atoms with Crippen LogP contribution in [0.4, 0.5) is 0 Å². The van der Waals surface area contributed by atoms with E-state index in [1.54, 1.807) is 6.92 Å². The highest BCUT2D eigenvalue weighted by Gasteiger charge is 2.35. The highest BCUT2D eigenvalue weighted by atomic mass is 35.5. The molecule has 1 atom stereocenters. The van der Waals surface area contributed by atoms with Gasteiger partial charge in [-0.25, -0.2) is 0 Å². The number of hydrogen-bond donors (Lipinski definition) is 1. The van der Waals surface area contributed by atoms with Crippen molar-refractivity contribution in [2.45, 2.75) is 12.5 Å². The van der Waals surface area contributed by atoms with Gasteiger partial charge in [0.2, 0.25) is 5.91 Å². The van der Waals surface area contributed by atoms with Crippen LogP contribution in [-0.4, -0.2) is 48.9 Å². The predicted octanol–water partition coefficient (Wildman–Crippen LogP) is 1.06. The van der Waals surface area contributed by atoms with E-state index in [0.29, 0.717) is 0 Å². The largest absolute Gasteiger partial charge is 0.338 e. The molecule has 0 radical (unpaired) electrons. The average Bonchev–Trinajstić information content (AvgIpc) is 2.40. The van der Waals surface area contributed by atoms with E-state index in [1.165, 1.54) is 0 Å². The number of carbonyl (C=O) groups is 1. The van der Waals surface area contributed by atoms with E-state index in [-0.39, 0.29) is 18.3 Å². The van der Waals surface area contributed by atoms with E-state index in [2.05, 4.69) is 11.9 Å². The number of rotatable bonds is 2. The Morgan fingerprint density at radius 2 is 1.68 bits per heavy atom. The molecule has 1 saturated heterocycles. The number of benzene rings is 1. The summed E-state index contributed by atoms with van der Waals surface area (Å²) in [6.07, 6.45) is 0. The number of nitrogens with two attached hydrogens (primary N) is 1. The molecule has 1 aliphatic rings. The van der Waals surface area contributed by atoms with E-state index in [0.717, 1.165) is 31.7 Å². The number of carbonyl (C=O) groups excluding carboxylic acids is 1. The quantitative estimate of drug-likeness (QED) is 0.883. The molecule has 1 aromatic rings. The van der Waals surface area contributed by atoms with Gasteiger partial charge in [0.25, 0.3) is 0 Å².